The Morgan fingerprint density at radius 1 is 1.47 bits per heavy atom. The van der Waals surface area contributed by atoms with Crippen LogP contribution in [0.3, 0.4) is 0 Å². The summed E-state index contributed by atoms with van der Waals surface area (Å²) in [5, 5.41) is 11.3. The smallest absolute Gasteiger partial charge is 0.326 e. The Hall–Kier alpha value is -2.04. The Morgan fingerprint density at radius 2 is 2.12 bits per heavy atom. The van der Waals surface area contributed by atoms with Crippen LogP contribution in [0.15, 0.2) is 18.2 Å². The van der Waals surface area contributed by atoms with Gasteiger partial charge < -0.3 is 16.2 Å². The van der Waals surface area contributed by atoms with E-state index in [0.717, 1.165) is 0 Å². The van der Waals surface area contributed by atoms with Crippen molar-refractivity contribution in [2.75, 3.05) is 5.73 Å². The first-order chi connectivity index (χ1) is 7.97. The van der Waals surface area contributed by atoms with Gasteiger partial charge in [-0.2, -0.15) is 0 Å². The van der Waals surface area contributed by atoms with Crippen LogP contribution in [0, 0.1) is 6.92 Å². The number of aliphatic carboxylic acids is 1. The topological polar surface area (TPSA) is 92.4 Å². The first-order valence-corrected chi connectivity index (χ1v) is 5.36. The molecule has 0 aliphatic heterocycles. The summed E-state index contributed by atoms with van der Waals surface area (Å²) in [6.45, 7) is 3.43. The standard InChI is InChI=1S/C12H16N2O3/c1-3-10(12(16)17)14-11(15)8-5-4-6-9(13)7(8)2/h4-6,10H,3,13H2,1-2H3,(H,14,15)(H,16,17). The van der Waals surface area contributed by atoms with Crippen LogP contribution in [-0.2, 0) is 4.79 Å². The van der Waals surface area contributed by atoms with Gasteiger partial charge in [-0.1, -0.05) is 13.0 Å². The summed E-state index contributed by atoms with van der Waals surface area (Å²) in [5.74, 6) is -1.45. The maximum atomic E-state index is 11.9. The van der Waals surface area contributed by atoms with E-state index >= 15 is 0 Å². The lowest BCUT2D eigenvalue weighted by Gasteiger charge is -2.14. The number of carbonyl (C=O) groups excluding carboxylic acids is 1. The molecule has 0 radical (unpaired) electrons. The summed E-state index contributed by atoms with van der Waals surface area (Å²) >= 11 is 0. The molecule has 1 aromatic carbocycles. The molecular formula is C12H16N2O3. The van der Waals surface area contributed by atoms with Crippen molar-refractivity contribution >= 4 is 17.6 Å². The van der Waals surface area contributed by atoms with Crippen LogP contribution >= 0.6 is 0 Å². The highest BCUT2D eigenvalue weighted by Crippen LogP contribution is 2.15. The van der Waals surface area contributed by atoms with E-state index in [0.29, 0.717) is 23.2 Å². The van der Waals surface area contributed by atoms with Crippen LogP contribution in [0.5, 0.6) is 0 Å². The second-order valence-corrected chi connectivity index (χ2v) is 3.79. The Bertz CT molecular complexity index is 443. The van der Waals surface area contributed by atoms with Gasteiger partial charge in [0.1, 0.15) is 6.04 Å². The number of nitrogen functional groups attached to an aromatic ring is 1. The molecule has 5 nitrogen and oxygen atoms in total. The number of carboxylic acid groups (broad SMARTS) is 1. The monoisotopic (exact) mass is 236 g/mol. The van der Waals surface area contributed by atoms with Crippen LogP contribution in [-0.4, -0.2) is 23.0 Å². The third kappa shape index (κ3) is 2.96. The fourth-order valence-corrected chi connectivity index (χ4v) is 1.47. The molecule has 0 spiro atoms. The normalized spacial score (nSPS) is 11.9. The molecule has 1 amide bonds. The number of amides is 1. The van der Waals surface area contributed by atoms with Crippen molar-refractivity contribution in [2.24, 2.45) is 0 Å². The molecule has 0 heterocycles. The van der Waals surface area contributed by atoms with Crippen molar-refractivity contribution in [3.63, 3.8) is 0 Å². The number of rotatable bonds is 4. The number of nitrogens with two attached hydrogens (primary N) is 1. The Balaban J connectivity index is 2.90. The molecule has 1 unspecified atom stereocenters. The van der Waals surface area contributed by atoms with Crippen molar-refractivity contribution in [3.8, 4) is 0 Å². The van der Waals surface area contributed by atoms with Gasteiger partial charge in [0.2, 0.25) is 0 Å². The minimum Gasteiger partial charge on any atom is -0.480 e. The number of carboxylic acids is 1. The molecule has 0 saturated heterocycles. The van der Waals surface area contributed by atoms with Gasteiger partial charge in [-0.3, -0.25) is 4.79 Å². The van der Waals surface area contributed by atoms with Crippen molar-refractivity contribution in [3.05, 3.63) is 29.3 Å². The van der Waals surface area contributed by atoms with Crippen LogP contribution in [0.25, 0.3) is 0 Å². The number of benzene rings is 1. The molecular weight excluding hydrogens is 220 g/mol. The number of hydrogen-bond acceptors (Lipinski definition) is 3. The molecule has 0 saturated carbocycles. The summed E-state index contributed by atoms with van der Waals surface area (Å²) in [6.07, 6.45) is 0.336. The van der Waals surface area contributed by atoms with Gasteiger partial charge in [0, 0.05) is 11.3 Å². The minimum absolute atomic E-state index is 0.336. The maximum absolute atomic E-state index is 11.9. The fraction of sp³-hybridized carbons (Fsp3) is 0.333. The summed E-state index contributed by atoms with van der Waals surface area (Å²) in [5.41, 5.74) is 7.26. The van der Waals surface area contributed by atoms with E-state index in [1.807, 2.05) is 0 Å². The second kappa shape index (κ2) is 5.34. The van der Waals surface area contributed by atoms with Crippen LogP contribution < -0.4 is 11.1 Å². The largest absolute Gasteiger partial charge is 0.480 e. The number of hydrogen-bond donors (Lipinski definition) is 3. The molecule has 0 bridgehead atoms. The molecule has 1 atom stereocenters. The van der Waals surface area contributed by atoms with Crippen molar-refractivity contribution in [2.45, 2.75) is 26.3 Å². The van der Waals surface area contributed by atoms with Gasteiger partial charge in [-0.05, 0) is 31.0 Å². The average molecular weight is 236 g/mol. The first-order valence-electron chi connectivity index (χ1n) is 5.36. The maximum Gasteiger partial charge on any atom is 0.326 e. The summed E-state index contributed by atoms with van der Waals surface area (Å²) in [6, 6.07) is 4.11. The number of anilines is 1. The third-order valence-electron chi connectivity index (χ3n) is 2.63. The van der Waals surface area contributed by atoms with Gasteiger partial charge in [0.15, 0.2) is 0 Å². The van der Waals surface area contributed by atoms with Crippen LogP contribution in [0.2, 0.25) is 0 Å². The summed E-state index contributed by atoms with van der Waals surface area (Å²) < 4.78 is 0. The second-order valence-electron chi connectivity index (χ2n) is 3.79. The molecule has 0 fully saturated rings. The lowest BCUT2D eigenvalue weighted by Crippen LogP contribution is -2.40. The first kappa shape index (κ1) is 13.0. The highest BCUT2D eigenvalue weighted by atomic mass is 16.4. The van der Waals surface area contributed by atoms with Crippen LogP contribution in [0.4, 0.5) is 5.69 Å². The molecule has 4 N–H and O–H groups in total. The van der Waals surface area contributed by atoms with Crippen molar-refractivity contribution in [1.82, 2.24) is 5.32 Å². The molecule has 0 aliphatic rings. The van der Waals surface area contributed by atoms with E-state index in [2.05, 4.69) is 5.32 Å². The van der Waals surface area contributed by atoms with E-state index < -0.39 is 17.9 Å². The highest BCUT2D eigenvalue weighted by molar-refractivity contribution is 5.98. The zero-order valence-corrected chi connectivity index (χ0v) is 9.86. The fourth-order valence-electron chi connectivity index (χ4n) is 1.47. The Labute approximate surface area is 99.6 Å². The van der Waals surface area contributed by atoms with Crippen molar-refractivity contribution in [1.29, 1.82) is 0 Å². The van der Waals surface area contributed by atoms with E-state index in [1.165, 1.54) is 0 Å². The average Bonchev–Trinajstić information content (AvgIpc) is 2.28. The molecule has 1 aromatic rings. The summed E-state index contributed by atoms with van der Waals surface area (Å²) in [7, 11) is 0. The van der Waals surface area contributed by atoms with Crippen LogP contribution in [0.1, 0.15) is 29.3 Å². The molecule has 5 heteroatoms. The van der Waals surface area contributed by atoms with Crippen molar-refractivity contribution < 1.29 is 14.7 Å². The van der Waals surface area contributed by atoms with E-state index in [1.54, 1.807) is 32.0 Å². The molecule has 0 aromatic heterocycles. The summed E-state index contributed by atoms with van der Waals surface area (Å²) in [4.78, 5) is 22.7. The third-order valence-corrected chi connectivity index (χ3v) is 2.63. The Kier molecular flexibility index (Phi) is 4.09. The van der Waals surface area contributed by atoms with Gasteiger partial charge in [0.25, 0.3) is 5.91 Å². The SMILES string of the molecule is CCC(NC(=O)c1cccc(N)c1C)C(=O)O. The zero-order valence-electron chi connectivity index (χ0n) is 9.86. The van der Waals surface area contributed by atoms with E-state index in [-0.39, 0.29) is 0 Å². The lowest BCUT2D eigenvalue weighted by atomic mass is 10.1. The van der Waals surface area contributed by atoms with E-state index in [4.69, 9.17) is 10.8 Å². The lowest BCUT2D eigenvalue weighted by molar-refractivity contribution is -0.139. The predicted molar refractivity (Wildman–Crippen MR) is 64.8 cm³/mol. The van der Waals surface area contributed by atoms with Gasteiger partial charge in [-0.25, -0.2) is 4.79 Å². The van der Waals surface area contributed by atoms with Gasteiger partial charge in [0.05, 0.1) is 0 Å². The molecule has 0 aliphatic carbocycles. The molecule has 92 valence electrons. The van der Waals surface area contributed by atoms with Gasteiger partial charge in [-0.15, -0.1) is 0 Å². The molecule has 1 rings (SSSR count). The highest BCUT2D eigenvalue weighted by Gasteiger charge is 2.19. The van der Waals surface area contributed by atoms with E-state index in [9.17, 15) is 9.59 Å². The Morgan fingerprint density at radius 3 is 2.65 bits per heavy atom. The number of nitrogens with one attached hydrogen (secondary N) is 1. The predicted octanol–water partition coefficient (Wildman–Crippen LogP) is 1.17. The molecule has 17 heavy (non-hydrogen) atoms. The number of carbonyl (C=O) groups is 2. The quantitative estimate of drug-likeness (QED) is 0.684. The zero-order chi connectivity index (χ0) is 13.0. The van der Waals surface area contributed by atoms with Gasteiger partial charge >= 0.3 is 5.97 Å². The minimum atomic E-state index is -1.04.